The normalized spacial score (nSPS) is 11.5. The summed E-state index contributed by atoms with van der Waals surface area (Å²) in [7, 11) is 0. The van der Waals surface area contributed by atoms with Crippen molar-refractivity contribution < 1.29 is 9.53 Å². The van der Waals surface area contributed by atoms with E-state index < -0.39 is 12.0 Å². The molecule has 2 aromatic rings. The highest BCUT2D eigenvalue weighted by atomic mass is 35.5. The molecule has 0 saturated carbocycles. The Morgan fingerprint density at radius 3 is 2.59 bits per heavy atom. The fraction of sp³-hybridized carbons (Fsp3) is 0.167. The van der Waals surface area contributed by atoms with Gasteiger partial charge in [-0.25, -0.2) is 4.79 Å². The number of rotatable bonds is 6. The number of anilines is 1. The molecule has 0 heterocycles. The van der Waals surface area contributed by atoms with E-state index in [-0.39, 0.29) is 0 Å². The second kappa shape index (κ2) is 7.66. The van der Waals surface area contributed by atoms with E-state index in [0.717, 1.165) is 11.3 Å². The third kappa shape index (κ3) is 4.12. The second-order valence-electron chi connectivity index (χ2n) is 4.74. The molecule has 3 nitrogen and oxygen atoms in total. The Morgan fingerprint density at radius 2 is 1.95 bits per heavy atom. The summed E-state index contributed by atoms with van der Waals surface area (Å²) < 4.78 is 5.06. The van der Waals surface area contributed by atoms with E-state index in [1.807, 2.05) is 48.5 Å². The monoisotopic (exact) mass is 315 g/mol. The summed E-state index contributed by atoms with van der Waals surface area (Å²) in [6.07, 6.45) is 0. The quantitative estimate of drug-likeness (QED) is 0.625. The molecule has 4 heteroatoms. The molecule has 22 heavy (non-hydrogen) atoms. The number of hydrogen-bond acceptors (Lipinski definition) is 3. The van der Waals surface area contributed by atoms with Gasteiger partial charge in [0, 0.05) is 10.7 Å². The smallest absolute Gasteiger partial charge is 0.335 e. The van der Waals surface area contributed by atoms with E-state index in [2.05, 4.69) is 11.9 Å². The Hall–Kier alpha value is -2.26. The van der Waals surface area contributed by atoms with Crippen LogP contribution >= 0.6 is 11.6 Å². The van der Waals surface area contributed by atoms with Gasteiger partial charge in [-0.2, -0.15) is 0 Å². The van der Waals surface area contributed by atoms with E-state index in [4.69, 9.17) is 16.3 Å². The summed E-state index contributed by atoms with van der Waals surface area (Å²) in [4.78, 5) is 12.0. The van der Waals surface area contributed by atoms with Gasteiger partial charge in [0.05, 0.1) is 18.2 Å². The molecule has 0 amide bonds. The fourth-order valence-electron chi connectivity index (χ4n) is 2.10. The largest absolute Gasteiger partial charge is 0.463 e. The molecule has 0 fully saturated rings. The van der Waals surface area contributed by atoms with Crippen molar-refractivity contribution in [3.05, 3.63) is 77.3 Å². The molecule has 1 N–H and O–H groups in total. The zero-order valence-electron chi connectivity index (χ0n) is 12.4. The van der Waals surface area contributed by atoms with Crippen molar-refractivity contribution in [2.75, 3.05) is 11.9 Å². The molecule has 2 rings (SSSR count). The molecule has 2 aromatic carbocycles. The lowest BCUT2D eigenvalue weighted by Crippen LogP contribution is -2.20. The number of benzene rings is 2. The number of carbonyl (C=O) groups excluding carboxylic acids is 1. The maximum Gasteiger partial charge on any atom is 0.335 e. The zero-order chi connectivity index (χ0) is 15.9. The molecule has 0 bridgehead atoms. The van der Waals surface area contributed by atoms with Crippen LogP contribution in [0.5, 0.6) is 0 Å². The van der Waals surface area contributed by atoms with E-state index >= 15 is 0 Å². The molecule has 0 aliphatic rings. The molecule has 1 atom stereocenters. The van der Waals surface area contributed by atoms with Gasteiger partial charge in [0.2, 0.25) is 0 Å². The van der Waals surface area contributed by atoms with Crippen LogP contribution in [0.25, 0.3) is 0 Å². The molecular formula is C18H18ClNO2. The number of carbonyl (C=O) groups is 1. The van der Waals surface area contributed by atoms with E-state index in [9.17, 15) is 4.79 Å². The highest BCUT2D eigenvalue weighted by Gasteiger charge is 2.22. The minimum atomic E-state index is -0.420. The molecule has 0 aromatic heterocycles. The third-order valence-electron chi connectivity index (χ3n) is 3.15. The first-order valence-electron chi connectivity index (χ1n) is 7.04. The van der Waals surface area contributed by atoms with Crippen molar-refractivity contribution in [3.8, 4) is 0 Å². The standard InChI is InChI=1S/C18H18ClNO2/c1-3-22-18(21)13(2)17(14-8-7-9-15(19)12-14)20-16-10-5-4-6-11-16/h4-12,17,20H,2-3H2,1H3. The predicted molar refractivity (Wildman–Crippen MR) is 90.0 cm³/mol. The minimum absolute atomic E-state index is 0.311. The highest BCUT2D eigenvalue weighted by molar-refractivity contribution is 6.30. The summed E-state index contributed by atoms with van der Waals surface area (Å²) in [5.41, 5.74) is 2.08. The van der Waals surface area contributed by atoms with Crippen molar-refractivity contribution in [1.82, 2.24) is 0 Å². The van der Waals surface area contributed by atoms with E-state index in [1.54, 1.807) is 13.0 Å². The van der Waals surface area contributed by atoms with Gasteiger partial charge in [-0.05, 0) is 36.8 Å². The van der Waals surface area contributed by atoms with Crippen LogP contribution in [0.2, 0.25) is 5.02 Å². The summed E-state index contributed by atoms with van der Waals surface area (Å²) >= 11 is 6.06. The molecule has 0 radical (unpaired) electrons. The van der Waals surface area contributed by atoms with Crippen molar-refractivity contribution in [2.45, 2.75) is 13.0 Å². The number of ether oxygens (including phenoxy) is 1. The van der Waals surface area contributed by atoms with Crippen LogP contribution in [0.4, 0.5) is 5.69 Å². The average molecular weight is 316 g/mol. The summed E-state index contributed by atoms with van der Waals surface area (Å²) in [5, 5.41) is 3.91. The van der Waals surface area contributed by atoms with Crippen LogP contribution < -0.4 is 5.32 Å². The van der Waals surface area contributed by atoms with Crippen LogP contribution in [0.15, 0.2) is 66.7 Å². The van der Waals surface area contributed by atoms with Crippen LogP contribution in [-0.4, -0.2) is 12.6 Å². The average Bonchev–Trinajstić information content (AvgIpc) is 2.53. The molecule has 0 aliphatic carbocycles. The van der Waals surface area contributed by atoms with Crippen LogP contribution in [0.3, 0.4) is 0 Å². The van der Waals surface area contributed by atoms with Crippen molar-refractivity contribution >= 4 is 23.3 Å². The number of halogens is 1. The lowest BCUT2D eigenvalue weighted by atomic mass is 9.99. The summed E-state index contributed by atoms with van der Waals surface area (Å²) in [5.74, 6) is -0.420. The van der Waals surface area contributed by atoms with Gasteiger partial charge in [0.25, 0.3) is 0 Å². The number of para-hydroxylation sites is 1. The Bertz CT molecular complexity index is 655. The van der Waals surface area contributed by atoms with E-state index in [1.165, 1.54) is 0 Å². The van der Waals surface area contributed by atoms with Gasteiger partial charge in [-0.3, -0.25) is 0 Å². The molecule has 0 saturated heterocycles. The maximum absolute atomic E-state index is 12.0. The van der Waals surface area contributed by atoms with Crippen LogP contribution in [-0.2, 0) is 9.53 Å². The molecular weight excluding hydrogens is 298 g/mol. The first-order chi connectivity index (χ1) is 10.6. The van der Waals surface area contributed by atoms with Crippen molar-refractivity contribution in [3.63, 3.8) is 0 Å². The Kier molecular flexibility index (Phi) is 5.61. The SMILES string of the molecule is C=C(C(=O)OCC)C(Nc1ccccc1)c1cccc(Cl)c1. The van der Waals surface area contributed by atoms with E-state index in [0.29, 0.717) is 17.2 Å². The van der Waals surface area contributed by atoms with Gasteiger partial charge in [0.1, 0.15) is 0 Å². The first kappa shape index (κ1) is 16.1. The zero-order valence-corrected chi connectivity index (χ0v) is 13.1. The minimum Gasteiger partial charge on any atom is -0.463 e. The number of esters is 1. The Labute approximate surface area is 135 Å². The van der Waals surface area contributed by atoms with Gasteiger partial charge in [-0.15, -0.1) is 0 Å². The Balaban J connectivity index is 2.32. The lowest BCUT2D eigenvalue weighted by molar-refractivity contribution is -0.138. The number of hydrogen-bond donors (Lipinski definition) is 1. The van der Waals surface area contributed by atoms with Gasteiger partial charge in [-0.1, -0.05) is 48.5 Å². The topological polar surface area (TPSA) is 38.3 Å². The van der Waals surface area contributed by atoms with Crippen LogP contribution in [0.1, 0.15) is 18.5 Å². The predicted octanol–water partition coefficient (Wildman–Crippen LogP) is 4.61. The van der Waals surface area contributed by atoms with Crippen LogP contribution in [0, 0.1) is 0 Å². The molecule has 114 valence electrons. The van der Waals surface area contributed by atoms with Crippen molar-refractivity contribution in [1.29, 1.82) is 0 Å². The van der Waals surface area contributed by atoms with Gasteiger partial charge < -0.3 is 10.1 Å². The lowest BCUT2D eigenvalue weighted by Gasteiger charge is -2.22. The molecule has 1 unspecified atom stereocenters. The van der Waals surface area contributed by atoms with Crippen molar-refractivity contribution in [2.24, 2.45) is 0 Å². The van der Waals surface area contributed by atoms with Gasteiger partial charge in [0.15, 0.2) is 0 Å². The maximum atomic E-state index is 12.0. The number of nitrogens with one attached hydrogen (secondary N) is 1. The molecule has 0 aliphatic heterocycles. The third-order valence-corrected chi connectivity index (χ3v) is 3.39. The summed E-state index contributed by atoms with van der Waals surface area (Å²) in [6, 6.07) is 16.6. The molecule has 0 spiro atoms. The second-order valence-corrected chi connectivity index (χ2v) is 5.18. The van der Waals surface area contributed by atoms with Gasteiger partial charge >= 0.3 is 5.97 Å². The fourth-order valence-corrected chi connectivity index (χ4v) is 2.30. The Morgan fingerprint density at radius 1 is 1.23 bits per heavy atom. The first-order valence-corrected chi connectivity index (χ1v) is 7.42. The summed E-state index contributed by atoms with van der Waals surface area (Å²) in [6.45, 7) is 5.97. The highest BCUT2D eigenvalue weighted by Crippen LogP contribution is 2.28.